The second-order valence-electron chi connectivity index (χ2n) is 7.25. The largest absolute Gasteiger partial charge is 0.332 e. The van der Waals surface area contributed by atoms with Gasteiger partial charge in [-0.15, -0.1) is 11.8 Å². The molecule has 5 nitrogen and oxygen atoms in total. The highest BCUT2D eigenvalue weighted by atomic mass is 35.5. The smallest absolute Gasteiger partial charge is 0.237 e. The molecule has 3 aromatic rings. The molecule has 0 fully saturated rings. The van der Waals surface area contributed by atoms with Crippen molar-refractivity contribution in [2.24, 2.45) is 0 Å². The molecule has 0 aliphatic rings. The third kappa shape index (κ3) is 7.60. The minimum atomic E-state index is -0.249. The highest BCUT2D eigenvalue weighted by molar-refractivity contribution is 8.00. The van der Waals surface area contributed by atoms with E-state index < -0.39 is 0 Å². The Labute approximate surface area is 208 Å². The van der Waals surface area contributed by atoms with Gasteiger partial charge < -0.3 is 16.0 Å². The number of amides is 1. The number of anilines is 3. The lowest BCUT2D eigenvalue weighted by molar-refractivity contribution is -0.115. The molecule has 0 aromatic heterocycles. The summed E-state index contributed by atoms with van der Waals surface area (Å²) in [4.78, 5) is 25.1. The summed E-state index contributed by atoms with van der Waals surface area (Å²) in [5.74, 6) is -0.0434. The molecule has 0 saturated heterocycles. The standard InChI is InChI=1S/C25H24ClN3O2S2/c1-3-23(24(31)27-19-13-9-18(26)10-14-19)33-22-6-4-5-21(15-22)29-25(32)28-20-11-7-17(8-12-20)16(2)30/h4-15,23H,3H2,1-2H3,(H,27,31)(H2,28,29,32). The van der Waals surface area contributed by atoms with Crippen LogP contribution in [0.25, 0.3) is 0 Å². The van der Waals surface area contributed by atoms with Crippen molar-refractivity contribution in [2.75, 3.05) is 16.0 Å². The zero-order valence-corrected chi connectivity index (χ0v) is 20.6. The molecule has 33 heavy (non-hydrogen) atoms. The first-order valence-corrected chi connectivity index (χ1v) is 12.0. The molecule has 3 aromatic carbocycles. The average molecular weight is 498 g/mol. The van der Waals surface area contributed by atoms with Crippen LogP contribution in [-0.4, -0.2) is 22.1 Å². The van der Waals surface area contributed by atoms with Gasteiger partial charge in [0, 0.05) is 32.5 Å². The molecule has 0 spiro atoms. The zero-order valence-electron chi connectivity index (χ0n) is 18.2. The first kappa shape index (κ1) is 24.8. The van der Waals surface area contributed by atoms with Gasteiger partial charge in [-0.1, -0.05) is 24.6 Å². The molecule has 1 amide bonds. The Morgan fingerprint density at radius 3 is 2.15 bits per heavy atom. The molecule has 3 N–H and O–H groups in total. The van der Waals surface area contributed by atoms with Crippen molar-refractivity contribution in [3.63, 3.8) is 0 Å². The van der Waals surface area contributed by atoms with E-state index in [4.69, 9.17) is 23.8 Å². The number of Topliss-reactive ketones (excluding diaryl/α,β-unsaturated/α-hetero) is 1. The van der Waals surface area contributed by atoms with E-state index in [1.165, 1.54) is 18.7 Å². The molecule has 0 heterocycles. The van der Waals surface area contributed by atoms with Crippen molar-refractivity contribution in [3.05, 3.63) is 83.4 Å². The summed E-state index contributed by atoms with van der Waals surface area (Å²) < 4.78 is 0. The number of halogens is 1. The van der Waals surface area contributed by atoms with Gasteiger partial charge in [0.2, 0.25) is 5.91 Å². The Bertz CT molecular complexity index is 1140. The highest BCUT2D eigenvalue weighted by Gasteiger charge is 2.18. The number of hydrogen-bond donors (Lipinski definition) is 3. The van der Waals surface area contributed by atoms with Crippen molar-refractivity contribution in [1.82, 2.24) is 0 Å². The molecular formula is C25H24ClN3O2S2. The van der Waals surface area contributed by atoms with Gasteiger partial charge in [0.15, 0.2) is 10.9 Å². The van der Waals surface area contributed by atoms with Crippen LogP contribution in [0.2, 0.25) is 5.02 Å². The number of ketones is 1. The van der Waals surface area contributed by atoms with Crippen molar-refractivity contribution in [1.29, 1.82) is 0 Å². The number of hydrogen-bond acceptors (Lipinski definition) is 4. The summed E-state index contributed by atoms with van der Waals surface area (Å²) in [7, 11) is 0. The molecule has 0 radical (unpaired) electrons. The molecule has 8 heteroatoms. The van der Waals surface area contributed by atoms with Crippen LogP contribution in [0.1, 0.15) is 30.6 Å². The second-order valence-corrected chi connectivity index (χ2v) is 9.37. The number of nitrogens with one attached hydrogen (secondary N) is 3. The number of carbonyl (C=O) groups is 2. The third-order valence-corrected chi connectivity index (χ3v) is 6.51. The van der Waals surface area contributed by atoms with Gasteiger partial charge >= 0.3 is 0 Å². The second kappa shape index (κ2) is 11.8. The Morgan fingerprint density at radius 2 is 1.52 bits per heavy atom. The third-order valence-electron chi connectivity index (χ3n) is 4.69. The predicted molar refractivity (Wildman–Crippen MR) is 143 cm³/mol. The Balaban J connectivity index is 1.59. The van der Waals surface area contributed by atoms with Crippen molar-refractivity contribution in [3.8, 4) is 0 Å². The fourth-order valence-electron chi connectivity index (χ4n) is 2.97. The lowest BCUT2D eigenvalue weighted by Gasteiger charge is -2.16. The first-order valence-electron chi connectivity index (χ1n) is 10.4. The van der Waals surface area contributed by atoms with Crippen molar-refractivity contribution >= 4 is 69.4 Å². The van der Waals surface area contributed by atoms with E-state index in [9.17, 15) is 9.59 Å². The van der Waals surface area contributed by atoms with Crippen LogP contribution in [0.4, 0.5) is 17.1 Å². The minimum absolute atomic E-state index is 0.0174. The number of benzene rings is 3. The topological polar surface area (TPSA) is 70.2 Å². The Hall–Kier alpha value is -2.87. The summed E-state index contributed by atoms with van der Waals surface area (Å²) >= 11 is 12.8. The molecule has 0 bridgehead atoms. The zero-order chi connectivity index (χ0) is 23.8. The number of thiocarbonyl (C=S) groups is 1. The lowest BCUT2D eigenvalue weighted by Crippen LogP contribution is -2.24. The molecular weight excluding hydrogens is 474 g/mol. The molecule has 3 rings (SSSR count). The van der Waals surface area contributed by atoms with E-state index in [2.05, 4.69) is 16.0 Å². The Morgan fingerprint density at radius 1 is 0.909 bits per heavy atom. The van der Waals surface area contributed by atoms with E-state index in [-0.39, 0.29) is 16.9 Å². The van der Waals surface area contributed by atoms with E-state index in [0.717, 1.165) is 16.3 Å². The fourth-order valence-corrected chi connectivity index (χ4v) is 4.35. The summed E-state index contributed by atoms with van der Waals surface area (Å²) in [6, 6.07) is 21.9. The van der Waals surface area contributed by atoms with Crippen LogP contribution in [0.5, 0.6) is 0 Å². The van der Waals surface area contributed by atoms with Gasteiger partial charge in [0.25, 0.3) is 0 Å². The van der Waals surface area contributed by atoms with Crippen LogP contribution in [0.15, 0.2) is 77.7 Å². The van der Waals surface area contributed by atoms with Crippen molar-refractivity contribution < 1.29 is 9.59 Å². The molecule has 0 aliphatic carbocycles. The number of carbonyl (C=O) groups excluding carboxylic acids is 2. The Kier molecular flexibility index (Phi) is 8.88. The van der Waals surface area contributed by atoms with Gasteiger partial charge in [-0.05, 0) is 92.3 Å². The number of rotatable bonds is 8. The van der Waals surface area contributed by atoms with Crippen molar-refractivity contribution in [2.45, 2.75) is 30.4 Å². The van der Waals surface area contributed by atoms with E-state index in [0.29, 0.717) is 27.8 Å². The molecule has 170 valence electrons. The maximum absolute atomic E-state index is 12.7. The average Bonchev–Trinajstić information content (AvgIpc) is 2.79. The minimum Gasteiger partial charge on any atom is -0.332 e. The molecule has 1 atom stereocenters. The van der Waals surface area contributed by atoms with E-state index >= 15 is 0 Å². The lowest BCUT2D eigenvalue weighted by atomic mass is 10.1. The van der Waals surface area contributed by atoms with Gasteiger partial charge in [-0.3, -0.25) is 9.59 Å². The maximum Gasteiger partial charge on any atom is 0.237 e. The first-order chi connectivity index (χ1) is 15.8. The predicted octanol–water partition coefficient (Wildman–Crippen LogP) is 6.86. The maximum atomic E-state index is 12.7. The van der Waals surface area contributed by atoms with Crippen LogP contribution < -0.4 is 16.0 Å². The van der Waals surface area contributed by atoms with Gasteiger partial charge in [0.1, 0.15) is 0 Å². The van der Waals surface area contributed by atoms with Gasteiger partial charge in [-0.2, -0.15) is 0 Å². The number of thioether (sulfide) groups is 1. The molecule has 1 unspecified atom stereocenters. The normalized spacial score (nSPS) is 11.4. The monoisotopic (exact) mass is 497 g/mol. The van der Waals surface area contributed by atoms with Crippen LogP contribution in [0, 0.1) is 0 Å². The molecule has 0 saturated carbocycles. The summed E-state index contributed by atoms with van der Waals surface area (Å²) in [5, 5.41) is 10.0. The van der Waals surface area contributed by atoms with Gasteiger partial charge in [0.05, 0.1) is 5.25 Å². The highest BCUT2D eigenvalue weighted by Crippen LogP contribution is 2.29. The summed E-state index contributed by atoms with van der Waals surface area (Å²) in [6.45, 7) is 3.52. The van der Waals surface area contributed by atoms with Crippen LogP contribution >= 0.6 is 35.6 Å². The summed E-state index contributed by atoms with van der Waals surface area (Å²) in [5.41, 5.74) is 2.96. The van der Waals surface area contributed by atoms with E-state index in [1.807, 2.05) is 43.3 Å². The van der Waals surface area contributed by atoms with E-state index in [1.54, 1.807) is 36.4 Å². The summed E-state index contributed by atoms with van der Waals surface area (Å²) in [6.07, 6.45) is 0.679. The SMILES string of the molecule is CCC(Sc1cccc(NC(=S)Nc2ccc(C(C)=O)cc2)c1)C(=O)Nc1ccc(Cl)cc1. The van der Waals surface area contributed by atoms with Crippen LogP contribution in [-0.2, 0) is 4.79 Å². The fraction of sp³-hybridized carbons (Fsp3) is 0.160. The van der Waals surface area contributed by atoms with Crippen LogP contribution in [0.3, 0.4) is 0 Å². The van der Waals surface area contributed by atoms with Gasteiger partial charge in [-0.25, -0.2) is 0 Å². The quantitative estimate of drug-likeness (QED) is 0.179. The molecule has 0 aliphatic heterocycles.